The van der Waals surface area contributed by atoms with Crippen molar-refractivity contribution in [2.24, 2.45) is 0 Å². The maximum atomic E-state index is 2.36. The Morgan fingerprint density at radius 1 is 0.200 bits per heavy atom. The molecule has 1 aromatic heterocycles. The average molecular weight is 914 g/mol. The lowest BCUT2D eigenvalue weighted by atomic mass is 10.0. The van der Waals surface area contributed by atoms with Gasteiger partial charge in [-0.2, -0.15) is 0 Å². The lowest BCUT2D eigenvalue weighted by Crippen LogP contribution is -2.10. The fourth-order valence-corrected chi connectivity index (χ4v) is 10.9. The smallest absolute Gasteiger partial charge is 0.0462 e. The van der Waals surface area contributed by atoms with Crippen molar-refractivity contribution in [3.8, 4) is 33.4 Å². The van der Waals surface area contributed by atoms with Gasteiger partial charge >= 0.3 is 0 Å². The van der Waals surface area contributed by atoms with E-state index < -0.39 is 0 Å². The third kappa shape index (κ3) is 8.38. The molecule has 0 N–H and O–H groups in total. The van der Waals surface area contributed by atoms with Crippen LogP contribution in [-0.4, -0.2) is 0 Å². The molecule has 3 nitrogen and oxygen atoms in total. The second-order valence-electron chi connectivity index (χ2n) is 17.4. The molecule has 0 spiro atoms. The van der Waals surface area contributed by atoms with E-state index >= 15 is 0 Å². The van der Waals surface area contributed by atoms with Crippen molar-refractivity contribution in [2.75, 3.05) is 14.7 Å². The number of fused-ring (bicyclic) bond motifs is 3. The summed E-state index contributed by atoms with van der Waals surface area (Å²) in [6, 6.07) is 102. The molecular formula is C66H47N3S. The summed E-state index contributed by atoms with van der Waals surface area (Å²) in [5.41, 5.74) is 17.1. The first-order valence-electron chi connectivity index (χ1n) is 23.7. The maximum Gasteiger partial charge on any atom is 0.0462 e. The van der Waals surface area contributed by atoms with E-state index in [1.54, 1.807) is 0 Å². The third-order valence-corrected chi connectivity index (χ3v) is 14.3. The molecule has 0 radical (unpaired) electrons. The maximum absolute atomic E-state index is 2.36. The van der Waals surface area contributed by atoms with Crippen molar-refractivity contribution in [1.82, 2.24) is 0 Å². The van der Waals surface area contributed by atoms with E-state index in [2.05, 4.69) is 300 Å². The summed E-state index contributed by atoms with van der Waals surface area (Å²) in [6.45, 7) is 0. The van der Waals surface area contributed by atoms with E-state index in [0.717, 1.165) is 73.4 Å². The second kappa shape index (κ2) is 19.0. The average Bonchev–Trinajstić information content (AvgIpc) is 3.83. The molecule has 0 bridgehead atoms. The van der Waals surface area contributed by atoms with Crippen molar-refractivity contribution >= 4 is 82.7 Å². The van der Waals surface area contributed by atoms with Crippen LogP contribution in [0.2, 0.25) is 0 Å². The number of hydrogen-bond donors (Lipinski definition) is 0. The van der Waals surface area contributed by atoms with Crippen LogP contribution >= 0.6 is 11.3 Å². The van der Waals surface area contributed by atoms with Gasteiger partial charge in [-0.05, 0) is 149 Å². The number of para-hydroxylation sites is 4. The summed E-state index contributed by atoms with van der Waals surface area (Å²) in [5, 5.41) is 2.62. The number of benzene rings is 11. The standard InChI is InChI=1S/C66H47N3S/c1-5-16-53(17-6-1)67(54-18-7-2-8-19-54)57-38-28-48(29-39-57)50-32-42-59(43-33-50)69(61-46-36-52(37-47-61)62-25-15-26-64-63-24-13-14-27-65(63)70-66(62)64)60-44-34-51(35-45-60)49-30-40-58(41-31-49)68(55-20-9-3-10-21-55)56-22-11-4-12-23-56/h1-47H. The lowest BCUT2D eigenvalue weighted by molar-refractivity contribution is 1.28. The fourth-order valence-electron chi connectivity index (χ4n) is 9.63. The molecule has 4 heteroatoms. The normalized spacial score (nSPS) is 11.1. The Morgan fingerprint density at radius 3 is 0.814 bits per heavy atom. The molecule has 70 heavy (non-hydrogen) atoms. The van der Waals surface area contributed by atoms with Crippen LogP contribution in [0.15, 0.2) is 285 Å². The van der Waals surface area contributed by atoms with Gasteiger partial charge in [-0.3, -0.25) is 0 Å². The van der Waals surface area contributed by atoms with Crippen LogP contribution in [0.4, 0.5) is 51.2 Å². The van der Waals surface area contributed by atoms with Crippen LogP contribution in [0, 0.1) is 0 Å². The Bertz CT molecular complexity index is 3400. The Labute approximate surface area is 413 Å². The van der Waals surface area contributed by atoms with E-state index in [1.165, 1.54) is 31.3 Å². The van der Waals surface area contributed by atoms with Crippen LogP contribution in [0.25, 0.3) is 53.6 Å². The highest BCUT2D eigenvalue weighted by Crippen LogP contribution is 2.43. The Morgan fingerprint density at radius 2 is 0.471 bits per heavy atom. The van der Waals surface area contributed by atoms with E-state index in [1.807, 2.05) is 11.3 Å². The zero-order valence-electron chi connectivity index (χ0n) is 38.4. The first-order valence-corrected chi connectivity index (χ1v) is 24.6. The molecule has 0 atom stereocenters. The Hall–Kier alpha value is -8.96. The summed E-state index contributed by atoms with van der Waals surface area (Å²) in [5.74, 6) is 0. The van der Waals surface area contributed by atoms with Crippen molar-refractivity contribution in [3.63, 3.8) is 0 Å². The second-order valence-corrected chi connectivity index (χ2v) is 18.4. The minimum absolute atomic E-state index is 1.08. The van der Waals surface area contributed by atoms with Gasteiger partial charge in [0.2, 0.25) is 0 Å². The highest BCUT2D eigenvalue weighted by atomic mass is 32.1. The van der Waals surface area contributed by atoms with Crippen LogP contribution in [0.1, 0.15) is 0 Å². The minimum atomic E-state index is 1.08. The number of nitrogens with zero attached hydrogens (tertiary/aromatic N) is 3. The molecule has 0 saturated carbocycles. The van der Waals surface area contributed by atoms with Gasteiger partial charge in [-0.1, -0.05) is 170 Å². The predicted octanol–water partition coefficient (Wildman–Crippen LogP) is 19.5. The van der Waals surface area contributed by atoms with E-state index in [9.17, 15) is 0 Å². The van der Waals surface area contributed by atoms with Gasteiger partial charge in [0.1, 0.15) is 0 Å². The molecule has 12 rings (SSSR count). The van der Waals surface area contributed by atoms with Crippen LogP contribution in [-0.2, 0) is 0 Å². The molecule has 0 aliphatic rings. The summed E-state index contributed by atoms with van der Waals surface area (Å²) in [7, 11) is 0. The van der Waals surface area contributed by atoms with E-state index in [-0.39, 0.29) is 0 Å². The number of rotatable bonds is 12. The van der Waals surface area contributed by atoms with E-state index in [4.69, 9.17) is 0 Å². The zero-order chi connectivity index (χ0) is 46.6. The molecule has 1 heterocycles. The molecule has 0 aliphatic heterocycles. The van der Waals surface area contributed by atoms with Gasteiger partial charge in [0.15, 0.2) is 0 Å². The molecular weight excluding hydrogens is 867 g/mol. The number of anilines is 9. The summed E-state index contributed by atoms with van der Waals surface area (Å²) in [6.07, 6.45) is 0. The minimum Gasteiger partial charge on any atom is -0.311 e. The molecule has 332 valence electrons. The molecule has 0 aliphatic carbocycles. The summed E-state index contributed by atoms with van der Waals surface area (Å²) < 4.78 is 2.63. The summed E-state index contributed by atoms with van der Waals surface area (Å²) >= 11 is 1.87. The monoisotopic (exact) mass is 913 g/mol. The first kappa shape index (κ1) is 42.4. The van der Waals surface area contributed by atoms with Crippen molar-refractivity contribution in [2.45, 2.75) is 0 Å². The molecule has 12 aromatic rings. The molecule has 0 unspecified atom stereocenters. The predicted molar refractivity (Wildman–Crippen MR) is 300 cm³/mol. The van der Waals surface area contributed by atoms with Gasteiger partial charge in [0, 0.05) is 71.4 Å². The highest BCUT2D eigenvalue weighted by molar-refractivity contribution is 7.26. The molecule has 0 amide bonds. The summed E-state index contributed by atoms with van der Waals surface area (Å²) in [4.78, 5) is 6.95. The van der Waals surface area contributed by atoms with Crippen molar-refractivity contribution < 1.29 is 0 Å². The van der Waals surface area contributed by atoms with Gasteiger partial charge in [0.25, 0.3) is 0 Å². The molecule has 0 saturated heterocycles. The van der Waals surface area contributed by atoms with Crippen LogP contribution in [0.5, 0.6) is 0 Å². The number of thiophene rings is 1. The highest BCUT2D eigenvalue weighted by Gasteiger charge is 2.18. The van der Waals surface area contributed by atoms with Gasteiger partial charge in [-0.15, -0.1) is 11.3 Å². The molecule has 0 fully saturated rings. The Kier molecular flexibility index (Phi) is 11.5. The third-order valence-electron chi connectivity index (χ3n) is 13.1. The number of hydrogen-bond acceptors (Lipinski definition) is 4. The van der Waals surface area contributed by atoms with Crippen LogP contribution < -0.4 is 14.7 Å². The quantitative estimate of drug-likeness (QED) is 0.121. The fraction of sp³-hybridized carbons (Fsp3) is 0. The van der Waals surface area contributed by atoms with E-state index in [0.29, 0.717) is 0 Å². The van der Waals surface area contributed by atoms with Crippen molar-refractivity contribution in [1.29, 1.82) is 0 Å². The largest absolute Gasteiger partial charge is 0.311 e. The van der Waals surface area contributed by atoms with Crippen LogP contribution in [0.3, 0.4) is 0 Å². The first-order chi connectivity index (χ1) is 34.7. The lowest BCUT2D eigenvalue weighted by Gasteiger charge is -2.27. The molecule has 11 aromatic carbocycles. The topological polar surface area (TPSA) is 9.72 Å². The Balaban J connectivity index is 0.871. The van der Waals surface area contributed by atoms with Gasteiger partial charge in [-0.25, -0.2) is 0 Å². The van der Waals surface area contributed by atoms with Gasteiger partial charge < -0.3 is 14.7 Å². The van der Waals surface area contributed by atoms with Crippen molar-refractivity contribution in [3.05, 3.63) is 285 Å². The SMILES string of the molecule is c1ccc(N(c2ccccc2)c2ccc(-c3ccc(N(c4ccc(-c5ccc(N(c6ccccc6)c6ccccc6)cc5)cc4)c4ccc(-c5cccc6c5sc5ccccc56)cc4)cc3)cc2)cc1. The zero-order valence-corrected chi connectivity index (χ0v) is 39.2. The van der Waals surface area contributed by atoms with Gasteiger partial charge in [0.05, 0.1) is 0 Å².